The third-order valence-corrected chi connectivity index (χ3v) is 15.2. The van der Waals surface area contributed by atoms with E-state index < -0.39 is 20.5 Å². The van der Waals surface area contributed by atoms with E-state index in [4.69, 9.17) is 32.8 Å². The first-order valence-corrected chi connectivity index (χ1v) is 21.0. The van der Waals surface area contributed by atoms with Crippen LogP contribution in [0.4, 0.5) is 0 Å². The third-order valence-electron chi connectivity index (χ3n) is 10.6. The molecule has 0 aliphatic rings. The number of methoxy groups -OCH3 is 4. The zero-order valence-electron chi connectivity index (χ0n) is 33.2. The van der Waals surface area contributed by atoms with Crippen LogP contribution in [0, 0.1) is 30.6 Å². The molecule has 0 radical (unpaired) electrons. The van der Waals surface area contributed by atoms with Gasteiger partial charge in [-0.1, -0.05) is 84.9 Å². The Morgan fingerprint density at radius 2 is 1.46 bits per heavy atom. The van der Waals surface area contributed by atoms with Crippen molar-refractivity contribution in [3.63, 3.8) is 0 Å². The molecular weight excluding hydrogens is 649 g/mol. The third kappa shape index (κ3) is 11.3. The van der Waals surface area contributed by atoms with Gasteiger partial charge in [-0.2, -0.15) is 0 Å². The summed E-state index contributed by atoms with van der Waals surface area (Å²) in [5.74, 6) is 1.89. The number of hydrogen-bond acceptors (Lipinski definition) is 8. The molecule has 9 heteroatoms. The summed E-state index contributed by atoms with van der Waals surface area (Å²) in [4.78, 5) is 0. The minimum absolute atomic E-state index is 0.144. The molecule has 284 valence electrons. The molecule has 0 aromatic heterocycles. The van der Waals surface area contributed by atoms with Crippen molar-refractivity contribution in [1.82, 2.24) is 0 Å². The van der Waals surface area contributed by atoms with Crippen LogP contribution in [0.5, 0.6) is 17.2 Å². The normalized spacial score (nSPS) is 16.2. The van der Waals surface area contributed by atoms with Crippen molar-refractivity contribution in [3.05, 3.63) is 65.2 Å². The van der Waals surface area contributed by atoms with Crippen molar-refractivity contribution in [1.29, 1.82) is 0 Å². The van der Waals surface area contributed by atoms with E-state index in [1.54, 1.807) is 34.5 Å². The number of hydrogen-bond donors (Lipinski definition) is 1. The highest BCUT2D eigenvalue weighted by atomic mass is 28.4. The van der Waals surface area contributed by atoms with Gasteiger partial charge >= 0.3 is 0 Å². The second kappa shape index (κ2) is 21.8. The lowest BCUT2D eigenvalue weighted by Crippen LogP contribution is -2.42. The summed E-state index contributed by atoms with van der Waals surface area (Å²) in [6.45, 7) is 22.5. The lowest BCUT2D eigenvalue weighted by atomic mass is 9.81. The molecule has 0 unspecified atom stereocenters. The lowest BCUT2D eigenvalue weighted by molar-refractivity contribution is -0.0923. The molecule has 8 nitrogen and oxygen atoms in total. The summed E-state index contributed by atoms with van der Waals surface area (Å²) in [5.41, 5.74) is 3.78. The van der Waals surface area contributed by atoms with Crippen LogP contribution in [-0.4, -0.2) is 67.5 Å². The highest BCUT2D eigenvalue weighted by molar-refractivity contribution is 6.73. The molecule has 0 heterocycles. The fourth-order valence-electron chi connectivity index (χ4n) is 7.19. The van der Waals surface area contributed by atoms with Crippen molar-refractivity contribution < 1.29 is 38.0 Å². The zero-order valence-corrected chi connectivity index (χ0v) is 34.2. The Morgan fingerprint density at radius 3 is 1.98 bits per heavy atom. The van der Waals surface area contributed by atoms with Gasteiger partial charge in [0, 0.05) is 48.7 Å². The van der Waals surface area contributed by atoms with Crippen LogP contribution < -0.4 is 14.2 Å². The van der Waals surface area contributed by atoms with E-state index in [-0.39, 0.29) is 30.7 Å². The van der Waals surface area contributed by atoms with E-state index in [1.807, 2.05) is 32.0 Å². The fraction of sp³-hybridized carbons (Fsp3) is 0.659. The van der Waals surface area contributed by atoms with Gasteiger partial charge in [-0.15, -0.1) is 6.58 Å². The van der Waals surface area contributed by atoms with Crippen LogP contribution in [-0.2, 0) is 31.7 Å². The number of benzene rings is 2. The molecule has 0 saturated carbocycles. The summed E-state index contributed by atoms with van der Waals surface area (Å²) in [6.07, 6.45) is 1.77. The van der Waals surface area contributed by atoms with Crippen LogP contribution in [0.15, 0.2) is 43.0 Å². The Labute approximate surface area is 304 Å². The summed E-state index contributed by atoms with van der Waals surface area (Å²) >= 11 is 0. The van der Waals surface area contributed by atoms with Gasteiger partial charge in [-0.05, 0) is 48.9 Å². The van der Waals surface area contributed by atoms with Crippen molar-refractivity contribution in [2.75, 3.05) is 41.8 Å². The maximum Gasteiger partial charge on any atom is 0.192 e. The smallest absolute Gasteiger partial charge is 0.192 e. The number of aliphatic hydroxyl groups excluding tert-OH is 1. The molecule has 0 spiro atoms. The lowest BCUT2D eigenvalue weighted by Gasteiger charge is -2.40. The summed E-state index contributed by atoms with van der Waals surface area (Å²) < 4.78 is 43.9. The largest absolute Gasteiger partial charge is 0.496 e. The number of aliphatic hydroxyl groups is 1. The van der Waals surface area contributed by atoms with Gasteiger partial charge in [-0.3, -0.25) is 0 Å². The Hall–Kier alpha value is -2.40. The second-order valence-electron chi connectivity index (χ2n) is 14.0. The molecule has 7 atom stereocenters. The summed E-state index contributed by atoms with van der Waals surface area (Å²) in [6, 6.07) is 13.1. The van der Waals surface area contributed by atoms with E-state index >= 15 is 0 Å². The van der Waals surface area contributed by atoms with E-state index in [0.717, 1.165) is 46.8 Å². The molecule has 50 heavy (non-hydrogen) atoms. The Morgan fingerprint density at radius 1 is 0.860 bits per heavy atom. The average molecular weight is 717 g/mol. The first-order valence-electron chi connectivity index (χ1n) is 18.4. The van der Waals surface area contributed by atoms with Crippen LogP contribution in [0.25, 0.3) is 0 Å². The first kappa shape index (κ1) is 43.8. The van der Waals surface area contributed by atoms with E-state index in [0.29, 0.717) is 42.8 Å². The predicted molar refractivity (Wildman–Crippen MR) is 206 cm³/mol. The van der Waals surface area contributed by atoms with Crippen molar-refractivity contribution in [3.8, 4) is 17.2 Å². The van der Waals surface area contributed by atoms with E-state index in [1.165, 1.54) is 0 Å². The zero-order chi connectivity index (χ0) is 37.4. The molecule has 0 aliphatic heterocycles. The van der Waals surface area contributed by atoms with Crippen LogP contribution in [0.3, 0.4) is 0 Å². The Kier molecular flexibility index (Phi) is 19.1. The van der Waals surface area contributed by atoms with E-state index in [2.05, 4.69) is 60.3 Å². The molecule has 0 saturated heterocycles. The highest BCUT2D eigenvalue weighted by Gasteiger charge is 2.42. The topological polar surface area (TPSA) is 84.8 Å². The van der Waals surface area contributed by atoms with Gasteiger partial charge < -0.3 is 38.0 Å². The Bertz CT molecular complexity index is 1260. The van der Waals surface area contributed by atoms with Crippen LogP contribution >= 0.6 is 0 Å². The molecule has 0 amide bonds. The summed E-state index contributed by atoms with van der Waals surface area (Å²) in [7, 11) is 4.44. The van der Waals surface area contributed by atoms with E-state index in [9.17, 15) is 5.11 Å². The predicted octanol–water partition coefficient (Wildman–Crippen LogP) is 9.31. The Balaban J connectivity index is 2.72. The minimum Gasteiger partial charge on any atom is -0.496 e. The maximum absolute atomic E-state index is 11.7. The molecule has 2 aromatic rings. The maximum atomic E-state index is 11.7. The monoisotopic (exact) mass is 716 g/mol. The molecule has 0 aliphatic carbocycles. The summed E-state index contributed by atoms with van der Waals surface area (Å²) in [5, 5.41) is 11.7. The van der Waals surface area contributed by atoms with Gasteiger partial charge in [0.05, 0.1) is 46.2 Å². The molecule has 0 bridgehead atoms. The molecule has 1 N–H and O–H groups in total. The average Bonchev–Trinajstić information content (AvgIpc) is 3.13. The van der Waals surface area contributed by atoms with Gasteiger partial charge in [0.15, 0.2) is 19.8 Å². The quantitative estimate of drug-likeness (QED) is 0.0619. The number of rotatable bonds is 25. The molecule has 0 fully saturated rings. The molecular formula is C41H68O8Si. The van der Waals surface area contributed by atoms with Gasteiger partial charge in [0.25, 0.3) is 0 Å². The highest BCUT2D eigenvalue weighted by Crippen LogP contribution is 2.51. The molecule has 2 rings (SSSR count). The minimum atomic E-state index is -2.23. The van der Waals surface area contributed by atoms with Gasteiger partial charge in [-0.25, -0.2) is 0 Å². The molecule has 2 aromatic carbocycles. The number of ether oxygens (including phenoxy) is 6. The van der Waals surface area contributed by atoms with Gasteiger partial charge in [0.2, 0.25) is 0 Å². The SMILES string of the molecule is C=C[C@H](C)[C@H](O)[C@@H](C)[C@@H](O[Si](CC)(CC)CC)c1c(C[C@H](OCOC)[C@@H](C)C[C@H](C)COCc2ccccc2)c(OC)c(C)c(OC)c1OC. The van der Waals surface area contributed by atoms with Gasteiger partial charge in [0.1, 0.15) is 12.5 Å². The van der Waals surface area contributed by atoms with Crippen molar-refractivity contribution in [2.45, 2.75) is 111 Å². The second-order valence-corrected chi connectivity index (χ2v) is 18.7. The van der Waals surface area contributed by atoms with Crippen molar-refractivity contribution in [2.24, 2.45) is 23.7 Å². The first-order chi connectivity index (χ1) is 23.9. The van der Waals surface area contributed by atoms with Crippen molar-refractivity contribution >= 4 is 8.32 Å². The standard InChI is InChI=1S/C41H68O8Si/c1-14-29(6)37(42)31(8)39(49-50(15-2,16-3)17-4)36-34(38(44-11)32(9)40(45-12)41(36)46-13)24-35(48-27-43-10)30(7)23-28(5)25-47-26-33-21-19-18-20-22-33/h14,18-22,28-31,35,37,39,42H,1,15-17,23-27H2,2-13H3/t28-,29-,30-,31+,35-,37-,39+/m0/s1. The van der Waals surface area contributed by atoms with Crippen LogP contribution in [0.1, 0.15) is 83.2 Å². The fourth-order valence-corrected chi connectivity index (χ4v) is 10.1. The van der Waals surface area contributed by atoms with Crippen LogP contribution in [0.2, 0.25) is 18.1 Å².